The van der Waals surface area contributed by atoms with E-state index in [1.807, 2.05) is 47.0 Å². The van der Waals surface area contributed by atoms with E-state index in [-0.39, 0.29) is 6.61 Å². The monoisotopic (exact) mass is 270 g/mol. The van der Waals surface area contributed by atoms with Gasteiger partial charge in [-0.05, 0) is 17.7 Å². The van der Waals surface area contributed by atoms with Crippen molar-refractivity contribution in [1.82, 2.24) is 9.38 Å². The molecule has 0 fully saturated rings. The van der Waals surface area contributed by atoms with E-state index >= 15 is 0 Å². The van der Waals surface area contributed by atoms with Gasteiger partial charge in [-0.15, -0.1) is 0 Å². The van der Waals surface area contributed by atoms with Crippen molar-refractivity contribution in [2.75, 3.05) is 0 Å². The predicted molar refractivity (Wildman–Crippen MR) is 77.1 cm³/mol. The smallest absolute Gasteiger partial charge is 0.138 e. The highest BCUT2D eigenvalue weighted by Gasteiger charge is 2.11. The number of aliphatic hydroxyl groups is 1. The number of rotatable bonds is 4. The van der Waals surface area contributed by atoms with Crippen LogP contribution in [0.2, 0.25) is 0 Å². The summed E-state index contributed by atoms with van der Waals surface area (Å²) in [7, 11) is 0. The van der Waals surface area contributed by atoms with Gasteiger partial charge in [-0.2, -0.15) is 0 Å². The number of fused-ring (bicyclic) bond motifs is 1. The molecule has 1 aromatic carbocycles. The second-order valence-corrected chi connectivity index (χ2v) is 5.19. The highest BCUT2D eigenvalue weighted by molar-refractivity contribution is 7.98. The zero-order valence-electron chi connectivity index (χ0n) is 10.4. The number of hydrogen-bond acceptors (Lipinski definition) is 3. The molecule has 3 nitrogen and oxygen atoms in total. The largest absolute Gasteiger partial charge is 0.390 e. The number of thioether (sulfide) groups is 1. The van der Waals surface area contributed by atoms with Gasteiger partial charge >= 0.3 is 0 Å². The number of nitrogens with zero attached hydrogens (tertiary/aromatic N) is 2. The van der Waals surface area contributed by atoms with Gasteiger partial charge in [0.25, 0.3) is 0 Å². The third-order valence-electron chi connectivity index (χ3n) is 2.96. The Hall–Kier alpha value is -1.78. The number of pyridine rings is 1. The summed E-state index contributed by atoms with van der Waals surface area (Å²) >= 11 is 1.66. The summed E-state index contributed by atoms with van der Waals surface area (Å²) < 4.78 is 1.94. The minimum Gasteiger partial charge on any atom is -0.390 e. The molecule has 3 rings (SSSR count). The summed E-state index contributed by atoms with van der Waals surface area (Å²) in [6, 6.07) is 16.1. The first kappa shape index (κ1) is 12.3. The van der Waals surface area contributed by atoms with Crippen molar-refractivity contribution in [3.63, 3.8) is 0 Å². The van der Waals surface area contributed by atoms with Crippen LogP contribution in [0.25, 0.3) is 5.65 Å². The first-order valence-electron chi connectivity index (χ1n) is 6.12. The summed E-state index contributed by atoms with van der Waals surface area (Å²) in [5, 5.41) is 10.4. The van der Waals surface area contributed by atoms with Crippen molar-refractivity contribution in [1.29, 1.82) is 0 Å². The van der Waals surface area contributed by atoms with Crippen LogP contribution in [0, 0.1) is 0 Å². The minimum atomic E-state index is 0.00228. The Morgan fingerprint density at radius 3 is 2.63 bits per heavy atom. The van der Waals surface area contributed by atoms with Crippen LogP contribution in [0.4, 0.5) is 0 Å². The Bertz CT molecular complexity index is 679. The first-order chi connectivity index (χ1) is 9.38. The van der Waals surface area contributed by atoms with Gasteiger partial charge in [0.05, 0.1) is 12.3 Å². The number of hydrogen-bond donors (Lipinski definition) is 1. The van der Waals surface area contributed by atoms with Crippen molar-refractivity contribution < 1.29 is 5.11 Å². The van der Waals surface area contributed by atoms with Crippen molar-refractivity contribution in [2.24, 2.45) is 0 Å². The zero-order valence-corrected chi connectivity index (χ0v) is 11.2. The number of imidazole rings is 1. The molecule has 0 amide bonds. The molecule has 0 atom stereocenters. The van der Waals surface area contributed by atoms with Gasteiger partial charge in [0.15, 0.2) is 0 Å². The Kier molecular flexibility index (Phi) is 3.53. The summed E-state index contributed by atoms with van der Waals surface area (Å²) in [4.78, 5) is 4.56. The molecule has 0 radical (unpaired) electrons. The third-order valence-corrected chi connectivity index (χ3v) is 4.04. The fourth-order valence-corrected chi connectivity index (χ4v) is 2.99. The maximum absolute atomic E-state index is 9.53. The van der Waals surface area contributed by atoms with Gasteiger partial charge in [0.1, 0.15) is 10.7 Å². The third kappa shape index (κ3) is 2.50. The number of benzene rings is 1. The molecular formula is C15H14N2OS. The van der Waals surface area contributed by atoms with Crippen LogP contribution in [-0.4, -0.2) is 14.5 Å². The maximum Gasteiger partial charge on any atom is 0.138 e. The molecule has 0 unspecified atom stereocenters. The Morgan fingerprint density at radius 2 is 1.84 bits per heavy atom. The lowest BCUT2D eigenvalue weighted by atomic mass is 10.2. The van der Waals surface area contributed by atoms with E-state index in [2.05, 4.69) is 17.1 Å². The van der Waals surface area contributed by atoms with E-state index in [4.69, 9.17) is 0 Å². The van der Waals surface area contributed by atoms with Crippen LogP contribution in [-0.2, 0) is 12.4 Å². The number of aliphatic hydroxyl groups excluding tert-OH is 1. The average Bonchev–Trinajstić information content (AvgIpc) is 2.83. The molecule has 96 valence electrons. The summed E-state index contributed by atoms with van der Waals surface area (Å²) in [5.41, 5.74) is 2.99. The van der Waals surface area contributed by atoms with Crippen molar-refractivity contribution in [2.45, 2.75) is 17.4 Å². The van der Waals surface area contributed by atoms with Crippen LogP contribution in [0.5, 0.6) is 0 Å². The summed E-state index contributed by atoms with van der Waals surface area (Å²) in [6.45, 7) is 0.00228. The standard InChI is InChI=1S/C15H14N2OS/c18-10-13-15(16-14-8-4-5-9-17(13)14)19-11-12-6-2-1-3-7-12/h1-9,18H,10-11H2. The van der Waals surface area contributed by atoms with Gasteiger partial charge < -0.3 is 9.51 Å². The van der Waals surface area contributed by atoms with Crippen LogP contribution >= 0.6 is 11.8 Å². The molecule has 2 heterocycles. The zero-order chi connectivity index (χ0) is 13.1. The molecule has 0 saturated carbocycles. The molecule has 0 aliphatic carbocycles. The highest BCUT2D eigenvalue weighted by Crippen LogP contribution is 2.26. The normalized spacial score (nSPS) is 11.0. The average molecular weight is 270 g/mol. The Morgan fingerprint density at radius 1 is 1.05 bits per heavy atom. The Balaban J connectivity index is 1.88. The van der Waals surface area contributed by atoms with E-state index in [1.165, 1.54) is 5.56 Å². The SMILES string of the molecule is OCc1c(SCc2ccccc2)nc2ccccn12. The van der Waals surface area contributed by atoms with Gasteiger partial charge in [-0.1, -0.05) is 48.2 Å². The predicted octanol–water partition coefficient (Wildman–Crippen LogP) is 3.12. The quantitative estimate of drug-likeness (QED) is 0.740. The van der Waals surface area contributed by atoms with E-state index in [9.17, 15) is 5.11 Å². The molecule has 0 spiro atoms. The van der Waals surface area contributed by atoms with Crippen LogP contribution in [0.1, 0.15) is 11.3 Å². The lowest BCUT2D eigenvalue weighted by molar-refractivity contribution is 0.272. The summed E-state index contributed by atoms with van der Waals surface area (Å²) in [6.07, 6.45) is 1.93. The second kappa shape index (κ2) is 5.47. The molecule has 1 N–H and O–H groups in total. The molecule has 0 saturated heterocycles. The van der Waals surface area contributed by atoms with E-state index in [0.29, 0.717) is 0 Å². The molecular weight excluding hydrogens is 256 g/mol. The molecule has 4 heteroatoms. The molecule has 19 heavy (non-hydrogen) atoms. The van der Waals surface area contributed by atoms with E-state index < -0.39 is 0 Å². The van der Waals surface area contributed by atoms with Crippen LogP contribution in [0.15, 0.2) is 59.8 Å². The topological polar surface area (TPSA) is 37.5 Å². The molecule has 0 aliphatic rings. The fourth-order valence-electron chi connectivity index (χ4n) is 2.01. The van der Waals surface area contributed by atoms with E-state index in [1.54, 1.807) is 11.8 Å². The highest BCUT2D eigenvalue weighted by atomic mass is 32.2. The molecule has 0 bridgehead atoms. The van der Waals surface area contributed by atoms with Crippen molar-refractivity contribution in [3.05, 3.63) is 66.0 Å². The van der Waals surface area contributed by atoms with E-state index in [0.717, 1.165) is 22.1 Å². The van der Waals surface area contributed by atoms with Crippen LogP contribution in [0.3, 0.4) is 0 Å². The number of aromatic nitrogens is 2. The van der Waals surface area contributed by atoms with Crippen LogP contribution < -0.4 is 0 Å². The second-order valence-electron chi connectivity index (χ2n) is 4.22. The molecule has 3 aromatic rings. The Labute approximate surface area is 115 Å². The van der Waals surface area contributed by atoms with Crippen molar-refractivity contribution in [3.8, 4) is 0 Å². The summed E-state index contributed by atoms with van der Waals surface area (Å²) in [5.74, 6) is 0.859. The minimum absolute atomic E-state index is 0.00228. The van der Waals surface area contributed by atoms with Gasteiger partial charge in [-0.3, -0.25) is 0 Å². The first-order valence-corrected chi connectivity index (χ1v) is 7.10. The van der Waals surface area contributed by atoms with Crippen molar-refractivity contribution >= 4 is 17.4 Å². The maximum atomic E-state index is 9.53. The molecule has 2 aromatic heterocycles. The van der Waals surface area contributed by atoms with Gasteiger partial charge in [0.2, 0.25) is 0 Å². The molecule has 0 aliphatic heterocycles. The van der Waals surface area contributed by atoms with Gasteiger partial charge in [-0.25, -0.2) is 4.98 Å². The lowest BCUT2D eigenvalue weighted by Crippen LogP contribution is -1.92. The van der Waals surface area contributed by atoms with Gasteiger partial charge in [0, 0.05) is 11.9 Å². The lowest BCUT2D eigenvalue weighted by Gasteiger charge is -2.01. The fraction of sp³-hybridized carbons (Fsp3) is 0.133.